The van der Waals surface area contributed by atoms with E-state index < -0.39 is 22.3 Å². The monoisotopic (exact) mass is 157 g/mol. The predicted octanol–water partition coefficient (Wildman–Crippen LogP) is 0.0161. The summed E-state index contributed by atoms with van der Waals surface area (Å²) in [5.41, 5.74) is -0.435. The van der Waals surface area contributed by atoms with Gasteiger partial charge in [0.05, 0.1) is 11.3 Å². The number of hydrogen-bond donors (Lipinski definition) is 2. The highest BCUT2D eigenvalue weighted by atomic mass is 16.6. The molecule has 0 aliphatic heterocycles. The smallest absolute Gasteiger partial charge is 0.404 e. The molecule has 0 saturated heterocycles. The maximum Gasteiger partial charge on any atom is 0.404 e. The SMILES string of the molecule is O=C(O)c1c[nH]nc1[N+](=O)[O-]. The minimum Gasteiger partial charge on any atom is -0.477 e. The molecule has 2 N–H and O–H groups in total. The van der Waals surface area contributed by atoms with Gasteiger partial charge in [-0.05, 0) is 4.92 Å². The largest absolute Gasteiger partial charge is 0.477 e. The third kappa shape index (κ3) is 1.16. The van der Waals surface area contributed by atoms with Crippen molar-refractivity contribution in [2.75, 3.05) is 0 Å². The molecule has 0 spiro atoms. The number of aromatic amines is 1. The van der Waals surface area contributed by atoms with Crippen molar-refractivity contribution in [2.24, 2.45) is 0 Å². The van der Waals surface area contributed by atoms with Gasteiger partial charge in [0.1, 0.15) is 0 Å². The maximum atomic E-state index is 10.2. The molecule has 0 amide bonds. The number of nitrogens with one attached hydrogen (secondary N) is 1. The van der Waals surface area contributed by atoms with Crippen LogP contribution in [0, 0.1) is 10.1 Å². The van der Waals surface area contributed by atoms with Crippen molar-refractivity contribution in [1.82, 2.24) is 10.2 Å². The molecule has 0 aliphatic carbocycles. The molecule has 58 valence electrons. The van der Waals surface area contributed by atoms with Crippen LogP contribution in [0.15, 0.2) is 6.20 Å². The lowest BCUT2D eigenvalue weighted by Crippen LogP contribution is -1.99. The molecule has 7 nitrogen and oxygen atoms in total. The highest BCUT2D eigenvalue weighted by Crippen LogP contribution is 2.12. The van der Waals surface area contributed by atoms with Gasteiger partial charge < -0.3 is 15.2 Å². The molecule has 7 heteroatoms. The van der Waals surface area contributed by atoms with Gasteiger partial charge in [-0.3, -0.25) is 0 Å². The predicted molar refractivity (Wildman–Crippen MR) is 32.2 cm³/mol. The molecule has 11 heavy (non-hydrogen) atoms. The van der Waals surface area contributed by atoms with E-state index in [0.717, 1.165) is 6.20 Å². The second kappa shape index (κ2) is 2.37. The van der Waals surface area contributed by atoms with Crippen molar-refractivity contribution >= 4 is 11.8 Å². The fourth-order valence-corrected chi connectivity index (χ4v) is 0.579. The van der Waals surface area contributed by atoms with Gasteiger partial charge in [0.15, 0.2) is 5.56 Å². The quantitative estimate of drug-likeness (QED) is 0.464. The van der Waals surface area contributed by atoms with Gasteiger partial charge in [0, 0.05) is 0 Å². The summed E-state index contributed by atoms with van der Waals surface area (Å²) in [6.07, 6.45) is 0.959. The van der Waals surface area contributed by atoms with Crippen molar-refractivity contribution in [3.05, 3.63) is 21.9 Å². The van der Waals surface area contributed by atoms with Crippen LogP contribution < -0.4 is 0 Å². The number of hydrogen-bond acceptors (Lipinski definition) is 4. The highest BCUT2D eigenvalue weighted by molar-refractivity contribution is 5.91. The van der Waals surface area contributed by atoms with E-state index in [2.05, 4.69) is 10.2 Å². The zero-order valence-corrected chi connectivity index (χ0v) is 5.14. The van der Waals surface area contributed by atoms with Crippen molar-refractivity contribution < 1.29 is 14.8 Å². The summed E-state index contributed by atoms with van der Waals surface area (Å²) in [5, 5.41) is 23.6. The average Bonchev–Trinajstić information content (AvgIpc) is 2.32. The number of aromatic nitrogens is 2. The minimum atomic E-state index is -1.37. The van der Waals surface area contributed by atoms with Gasteiger partial charge >= 0.3 is 11.8 Å². The number of nitro groups is 1. The Morgan fingerprint density at radius 3 is 2.82 bits per heavy atom. The van der Waals surface area contributed by atoms with Gasteiger partial charge in [-0.15, -0.1) is 0 Å². The minimum absolute atomic E-state index is 0.435. The van der Waals surface area contributed by atoms with Crippen molar-refractivity contribution in [2.45, 2.75) is 0 Å². The van der Waals surface area contributed by atoms with Crippen molar-refractivity contribution in [3.8, 4) is 0 Å². The van der Waals surface area contributed by atoms with Gasteiger partial charge in [-0.25, -0.2) is 4.79 Å². The maximum absolute atomic E-state index is 10.2. The summed E-state index contributed by atoms with van der Waals surface area (Å²) in [7, 11) is 0. The van der Waals surface area contributed by atoms with Crippen LogP contribution in [0.2, 0.25) is 0 Å². The van der Waals surface area contributed by atoms with E-state index in [1.54, 1.807) is 0 Å². The molecule has 0 fully saturated rings. The van der Waals surface area contributed by atoms with Crippen molar-refractivity contribution in [1.29, 1.82) is 0 Å². The third-order valence-corrected chi connectivity index (χ3v) is 1.02. The summed E-state index contributed by atoms with van der Waals surface area (Å²) >= 11 is 0. The Bertz CT molecular complexity index is 276. The number of nitrogens with zero attached hydrogens (tertiary/aromatic N) is 2. The van der Waals surface area contributed by atoms with E-state index in [9.17, 15) is 14.9 Å². The number of rotatable bonds is 2. The Balaban J connectivity index is 3.16. The Labute approximate surface area is 59.8 Å². The molecule has 1 aromatic rings. The summed E-state index contributed by atoms with van der Waals surface area (Å²) in [6, 6.07) is 0. The summed E-state index contributed by atoms with van der Waals surface area (Å²) in [5.74, 6) is -2.04. The lowest BCUT2D eigenvalue weighted by molar-refractivity contribution is -0.389. The standard InChI is InChI=1S/C4H3N3O4/c8-4(9)2-1-5-6-3(2)7(10)11/h1H,(H,5,6)(H,8,9). The van der Waals surface area contributed by atoms with Gasteiger partial charge in [0.2, 0.25) is 0 Å². The zero-order valence-electron chi connectivity index (χ0n) is 5.14. The molecule has 0 saturated carbocycles. The molecule has 0 atom stereocenters. The number of aromatic carboxylic acids is 1. The van der Waals surface area contributed by atoms with E-state index >= 15 is 0 Å². The Kier molecular flexibility index (Phi) is 1.55. The molecule has 0 aromatic carbocycles. The van der Waals surface area contributed by atoms with E-state index in [1.807, 2.05) is 0 Å². The van der Waals surface area contributed by atoms with Crippen LogP contribution in [0.3, 0.4) is 0 Å². The molecule has 0 radical (unpaired) electrons. The molecule has 0 bridgehead atoms. The van der Waals surface area contributed by atoms with Gasteiger partial charge in [-0.1, -0.05) is 0 Å². The van der Waals surface area contributed by atoms with E-state index in [0.29, 0.717) is 0 Å². The zero-order chi connectivity index (χ0) is 8.43. The van der Waals surface area contributed by atoms with Crippen LogP contribution in [0.4, 0.5) is 5.82 Å². The molecule has 0 aliphatic rings. The molecule has 0 unspecified atom stereocenters. The molecule has 1 heterocycles. The summed E-state index contributed by atoms with van der Waals surface area (Å²) in [6.45, 7) is 0. The van der Waals surface area contributed by atoms with Crippen LogP contribution in [-0.4, -0.2) is 26.2 Å². The fraction of sp³-hybridized carbons (Fsp3) is 0. The topological polar surface area (TPSA) is 109 Å². The van der Waals surface area contributed by atoms with E-state index in [4.69, 9.17) is 5.11 Å². The van der Waals surface area contributed by atoms with Gasteiger partial charge in [-0.2, -0.15) is 5.10 Å². The molecular formula is C4H3N3O4. The van der Waals surface area contributed by atoms with Crippen LogP contribution in [0.1, 0.15) is 10.4 Å². The first kappa shape index (κ1) is 7.19. The van der Waals surface area contributed by atoms with Crippen LogP contribution in [0.25, 0.3) is 0 Å². The first-order valence-electron chi connectivity index (χ1n) is 2.54. The highest BCUT2D eigenvalue weighted by Gasteiger charge is 2.22. The molecule has 1 aromatic heterocycles. The average molecular weight is 157 g/mol. The number of carboxylic acid groups (broad SMARTS) is 1. The van der Waals surface area contributed by atoms with E-state index in [1.165, 1.54) is 0 Å². The second-order valence-electron chi connectivity index (χ2n) is 1.68. The Hall–Kier alpha value is -1.92. The second-order valence-corrected chi connectivity index (χ2v) is 1.68. The fourth-order valence-electron chi connectivity index (χ4n) is 0.579. The van der Waals surface area contributed by atoms with Crippen LogP contribution in [-0.2, 0) is 0 Å². The Morgan fingerprint density at radius 1 is 1.82 bits per heavy atom. The Morgan fingerprint density at radius 2 is 2.45 bits per heavy atom. The first-order valence-corrected chi connectivity index (χ1v) is 2.54. The number of carbonyl (C=O) groups is 1. The van der Waals surface area contributed by atoms with Gasteiger partial charge in [0.25, 0.3) is 0 Å². The lowest BCUT2D eigenvalue weighted by Gasteiger charge is -1.87. The summed E-state index contributed by atoms with van der Waals surface area (Å²) in [4.78, 5) is 19.4. The number of H-pyrrole nitrogens is 1. The van der Waals surface area contributed by atoms with E-state index in [-0.39, 0.29) is 0 Å². The van der Waals surface area contributed by atoms with Crippen LogP contribution in [0.5, 0.6) is 0 Å². The van der Waals surface area contributed by atoms with Crippen LogP contribution >= 0.6 is 0 Å². The number of carboxylic acids is 1. The first-order chi connectivity index (χ1) is 5.13. The van der Waals surface area contributed by atoms with Crippen molar-refractivity contribution in [3.63, 3.8) is 0 Å². The summed E-state index contributed by atoms with van der Waals surface area (Å²) < 4.78 is 0. The third-order valence-electron chi connectivity index (χ3n) is 1.02. The molecular weight excluding hydrogens is 154 g/mol. The lowest BCUT2D eigenvalue weighted by atomic mass is 10.3. The normalized spacial score (nSPS) is 9.45. The molecule has 1 rings (SSSR count).